The molecule has 0 aliphatic carbocycles. The highest BCUT2D eigenvalue weighted by Crippen LogP contribution is 2.09. The van der Waals surface area contributed by atoms with E-state index in [4.69, 9.17) is 5.53 Å². The van der Waals surface area contributed by atoms with Crippen LogP contribution in [0.5, 0.6) is 0 Å². The number of nitrogens with one attached hydrogen (secondary N) is 1. The lowest BCUT2D eigenvalue weighted by Gasteiger charge is -2.13. The Morgan fingerprint density at radius 2 is 2.45 bits per heavy atom. The maximum atomic E-state index is 11.0. The fourth-order valence-electron chi connectivity index (χ4n) is 1.28. The van der Waals surface area contributed by atoms with E-state index in [0.717, 1.165) is 25.9 Å². The molecule has 0 aromatic heterocycles. The van der Waals surface area contributed by atoms with Crippen molar-refractivity contribution >= 4 is 5.91 Å². The van der Waals surface area contributed by atoms with E-state index in [1.54, 1.807) is 0 Å². The molecule has 0 bridgehead atoms. The lowest BCUT2D eigenvalue weighted by Crippen LogP contribution is -2.25. The van der Waals surface area contributed by atoms with Gasteiger partial charge in [0.25, 0.3) is 0 Å². The van der Waals surface area contributed by atoms with Gasteiger partial charge in [-0.15, -0.1) is 0 Å². The molecule has 0 saturated carbocycles. The summed E-state index contributed by atoms with van der Waals surface area (Å²) in [6.07, 6.45) is 2.53. The molecule has 1 fully saturated rings. The Morgan fingerprint density at radius 3 is 3.00 bits per heavy atom. The van der Waals surface area contributed by atoms with Gasteiger partial charge in [0.15, 0.2) is 0 Å². The predicted octanol–water partition coefficient (Wildman–Crippen LogP) is 1.03. The molecule has 4 heteroatoms. The molecule has 0 aromatic carbocycles. The summed E-state index contributed by atoms with van der Waals surface area (Å²) in [5.74, 6) is 0.259. The monoisotopic (exact) mass is 155 g/mol. The minimum atomic E-state index is 0.259. The minimum absolute atomic E-state index is 0.259. The van der Waals surface area contributed by atoms with Gasteiger partial charge in [0.2, 0.25) is 5.91 Å². The van der Waals surface area contributed by atoms with Crippen molar-refractivity contribution in [3.05, 3.63) is 0 Å². The molecule has 11 heavy (non-hydrogen) atoms. The van der Waals surface area contributed by atoms with E-state index in [1.807, 2.05) is 4.90 Å². The van der Waals surface area contributed by atoms with Crippen LogP contribution in [0.1, 0.15) is 19.3 Å². The zero-order chi connectivity index (χ0) is 8.10. The summed E-state index contributed by atoms with van der Waals surface area (Å²) in [5.41, 5.74) is 6.55. The molecule has 1 N–H and O–H groups in total. The van der Waals surface area contributed by atoms with Crippen molar-refractivity contribution in [1.82, 2.24) is 4.90 Å². The lowest BCUT2D eigenvalue weighted by atomic mass is 10.4. The fraction of sp³-hybridized carbons (Fsp3) is 0.857. The molecule has 0 atom stereocenters. The number of rotatable bonds is 4. The van der Waals surface area contributed by atoms with Crippen LogP contribution in [0.3, 0.4) is 0 Å². The number of carbonyl (C=O) groups is 1. The minimum Gasteiger partial charge on any atom is -0.343 e. The zero-order valence-corrected chi connectivity index (χ0v) is 6.55. The second-order valence-electron chi connectivity index (χ2n) is 2.72. The highest BCUT2D eigenvalue weighted by Gasteiger charge is 2.18. The largest absolute Gasteiger partial charge is 0.343 e. The van der Waals surface area contributed by atoms with Crippen LogP contribution in [-0.4, -0.2) is 30.4 Å². The summed E-state index contributed by atoms with van der Waals surface area (Å²) < 4.78 is 0. The van der Waals surface area contributed by atoms with Crippen molar-refractivity contribution in [3.63, 3.8) is 0 Å². The summed E-state index contributed by atoms with van der Waals surface area (Å²) in [4.78, 5) is 12.9. The summed E-state index contributed by atoms with van der Waals surface area (Å²) in [6, 6.07) is 0. The summed E-state index contributed by atoms with van der Waals surface area (Å²) >= 11 is 0. The maximum absolute atomic E-state index is 11.0. The van der Waals surface area contributed by atoms with E-state index >= 15 is 0 Å². The quantitative estimate of drug-likeness (QED) is 0.478. The van der Waals surface area contributed by atoms with Crippen LogP contribution >= 0.6 is 0 Å². The highest BCUT2D eigenvalue weighted by molar-refractivity contribution is 5.77. The van der Waals surface area contributed by atoms with Crippen molar-refractivity contribution in [2.45, 2.75) is 19.3 Å². The maximum Gasteiger partial charge on any atom is 0.222 e. The van der Waals surface area contributed by atoms with Gasteiger partial charge in [0, 0.05) is 19.5 Å². The molecule has 1 saturated heterocycles. The normalized spacial score (nSPS) is 17.5. The molecule has 4 nitrogen and oxygen atoms in total. The summed E-state index contributed by atoms with van der Waals surface area (Å²) in [5, 5.41) is 3.23. The number of likely N-dealkylation sites (tertiary alicyclic amines) is 1. The Balaban J connectivity index is 2.15. The SMILES string of the molecule is N=NCCCN1CCCC1=O. The van der Waals surface area contributed by atoms with Gasteiger partial charge in [-0.3, -0.25) is 4.79 Å². The molecule has 1 amide bonds. The first-order valence-corrected chi connectivity index (χ1v) is 3.95. The third-order valence-electron chi connectivity index (χ3n) is 1.87. The first-order valence-electron chi connectivity index (χ1n) is 3.95. The van der Waals surface area contributed by atoms with Crippen molar-refractivity contribution in [2.75, 3.05) is 19.6 Å². The van der Waals surface area contributed by atoms with Crippen molar-refractivity contribution < 1.29 is 4.79 Å². The molecule has 0 unspecified atom stereocenters. The van der Waals surface area contributed by atoms with Crippen LogP contribution in [0.25, 0.3) is 0 Å². The number of carbonyl (C=O) groups excluding carboxylic acids is 1. The van der Waals surface area contributed by atoms with Gasteiger partial charge in [0.1, 0.15) is 0 Å². The number of amides is 1. The molecular formula is C7H13N3O. The van der Waals surface area contributed by atoms with Gasteiger partial charge in [0.05, 0.1) is 6.54 Å². The van der Waals surface area contributed by atoms with Gasteiger partial charge >= 0.3 is 0 Å². The van der Waals surface area contributed by atoms with Crippen LogP contribution < -0.4 is 0 Å². The Kier molecular flexibility index (Phi) is 3.01. The zero-order valence-electron chi connectivity index (χ0n) is 6.55. The van der Waals surface area contributed by atoms with E-state index in [1.165, 1.54) is 0 Å². The molecule has 1 rings (SSSR count). The molecular weight excluding hydrogens is 142 g/mol. The highest BCUT2D eigenvalue weighted by atomic mass is 16.2. The Bertz CT molecular complexity index is 158. The molecule has 0 spiro atoms. The first kappa shape index (κ1) is 8.17. The van der Waals surface area contributed by atoms with Gasteiger partial charge in [-0.1, -0.05) is 0 Å². The van der Waals surface area contributed by atoms with Crippen LogP contribution in [-0.2, 0) is 4.79 Å². The fourth-order valence-corrected chi connectivity index (χ4v) is 1.28. The third kappa shape index (κ3) is 2.29. The predicted molar refractivity (Wildman–Crippen MR) is 40.4 cm³/mol. The molecule has 1 heterocycles. The van der Waals surface area contributed by atoms with Crippen LogP contribution in [0.15, 0.2) is 5.11 Å². The standard InChI is InChI=1S/C7H13N3O/c8-9-4-2-6-10-5-1-3-7(10)11/h8H,1-6H2. The molecule has 62 valence electrons. The molecule has 1 aliphatic heterocycles. The Hall–Kier alpha value is -0.930. The number of hydrogen-bond acceptors (Lipinski definition) is 3. The molecule has 1 aliphatic rings. The number of nitrogens with zero attached hydrogens (tertiary/aromatic N) is 2. The second-order valence-corrected chi connectivity index (χ2v) is 2.72. The topological polar surface area (TPSA) is 56.5 Å². The Morgan fingerprint density at radius 1 is 1.64 bits per heavy atom. The average molecular weight is 155 g/mol. The van der Waals surface area contributed by atoms with E-state index < -0.39 is 0 Å². The second kappa shape index (κ2) is 4.05. The van der Waals surface area contributed by atoms with Gasteiger partial charge in [-0.2, -0.15) is 5.11 Å². The first-order chi connectivity index (χ1) is 5.34. The summed E-state index contributed by atoms with van der Waals surface area (Å²) in [6.45, 7) is 2.22. The van der Waals surface area contributed by atoms with E-state index in [9.17, 15) is 4.79 Å². The third-order valence-corrected chi connectivity index (χ3v) is 1.87. The molecule has 0 radical (unpaired) electrons. The lowest BCUT2D eigenvalue weighted by molar-refractivity contribution is -0.127. The van der Waals surface area contributed by atoms with Crippen molar-refractivity contribution in [3.8, 4) is 0 Å². The smallest absolute Gasteiger partial charge is 0.222 e. The van der Waals surface area contributed by atoms with E-state index in [0.29, 0.717) is 13.0 Å². The number of hydrogen-bond donors (Lipinski definition) is 1. The van der Waals surface area contributed by atoms with Gasteiger partial charge in [-0.05, 0) is 12.8 Å². The van der Waals surface area contributed by atoms with Gasteiger partial charge in [-0.25, -0.2) is 5.53 Å². The van der Waals surface area contributed by atoms with E-state index in [2.05, 4.69) is 5.11 Å². The van der Waals surface area contributed by atoms with Crippen LogP contribution in [0.4, 0.5) is 0 Å². The molecule has 0 aromatic rings. The van der Waals surface area contributed by atoms with Crippen molar-refractivity contribution in [2.24, 2.45) is 5.11 Å². The summed E-state index contributed by atoms with van der Waals surface area (Å²) in [7, 11) is 0. The van der Waals surface area contributed by atoms with Crippen molar-refractivity contribution in [1.29, 1.82) is 5.53 Å². The average Bonchev–Trinajstić information content (AvgIpc) is 2.37. The Labute approximate surface area is 66.1 Å². The van der Waals surface area contributed by atoms with Crippen LogP contribution in [0.2, 0.25) is 0 Å². The van der Waals surface area contributed by atoms with Gasteiger partial charge < -0.3 is 4.90 Å². The van der Waals surface area contributed by atoms with Crippen LogP contribution in [0, 0.1) is 5.53 Å². The van der Waals surface area contributed by atoms with E-state index in [-0.39, 0.29) is 5.91 Å².